The summed E-state index contributed by atoms with van der Waals surface area (Å²) in [6, 6.07) is 10.1. The van der Waals surface area contributed by atoms with Gasteiger partial charge in [0.2, 0.25) is 11.8 Å². The topological polar surface area (TPSA) is 131 Å². The lowest BCUT2D eigenvalue weighted by Crippen LogP contribution is -2.53. The molecule has 1 saturated heterocycles. The van der Waals surface area contributed by atoms with E-state index in [2.05, 4.69) is 16.7 Å². The van der Waals surface area contributed by atoms with Gasteiger partial charge in [0.05, 0.1) is 22.7 Å². The quantitative estimate of drug-likeness (QED) is 0.481. The number of anilines is 2. The number of aryl methyl sites for hydroxylation is 1. The summed E-state index contributed by atoms with van der Waals surface area (Å²) >= 11 is 0. The lowest BCUT2D eigenvalue weighted by atomic mass is 9.80. The molecule has 0 radical (unpaired) electrons. The maximum Gasteiger partial charge on any atom is 0.418 e. The van der Waals surface area contributed by atoms with Crippen molar-refractivity contribution in [2.24, 2.45) is 5.41 Å². The first kappa shape index (κ1) is 29.6. The Balaban J connectivity index is 1.59. The number of halogens is 3. The van der Waals surface area contributed by atoms with Crippen molar-refractivity contribution >= 4 is 35.0 Å². The van der Waals surface area contributed by atoms with Gasteiger partial charge in [-0.05, 0) is 42.0 Å². The van der Waals surface area contributed by atoms with Gasteiger partial charge in [0.25, 0.3) is 0 Å². The SMILES string of the molecule is Cc1cccc(C(F)(F)F)c1NC(=O)C(=O)N[C@@H](CC(C)(C)C)C(=O)N1C[C@]2(C[C@H]1C#N)C(=O)Nc1ccccc12. The van der Waals surface area contributed by atoms with Crippen molar-refractivity contribution in [2.45, 2.75) is 64.2 Å². The summed E-state index contributed by atoms with van der Waals surface area (Å²) in [5.41, 5.74) is -2.02. The van der Waals surface area contributed by atoms with Crippen molar-refractivity contribution in [3.8, 4) is 6.07 Å². The van der Waals surface area contributed by atoms with Crippen LogP contribution in [0, 0.1) is 23.7 Å². The van der Waals surface area contributed by atoms with Crippen LogP contribution in [-0.4, -0.2) is 47.2 Å². The van der Waals surface area contributed by atoms with E-state index in [1.54, 1.807) is 45.0 Å². The molecule has 2 aliphatic rings. The Morgan fingerprint density at radius 2 is 1.80 bits per heavy atom. The first-order chi connectivity index (χ1) is 19.1. The second-order valence-electron chi connectivity index (χ2n) is 11.6. The van der Waals surface area contributed by atoms with E-state index in [1.165, 1.54) is 24.0 Å². The molecule has 4 amide bonds. The molecule has 216 valence electrons. The predicted molar refractivity (Wildman–Crippen MR) is 143 cm³/mol. The highest BCUT2D eigenvalue weighted by Gasteiger charge is 2.56. The minimum Gasteiger partial charge on any atom is -0.336 e. The summed E-state index contributed by atoms with van der Waals surface area (Å²) < 4.78 is 40.5. The number of fused-ring (bicyclic) bond motifs is 2. The van der Waals surface area contributed by atoms with Crippen LogP contribution in [0.1, 0.15) is 50.3 Å². The number of benzene rings is 2. The molecule has 4 rings (SSSR count). The molecule has 1 spiro atoms. The van der Waals surface area contributed by atoms with Crippen molar-refractivity contribution < 1.29 is 32.3 Å². The van der Waals surface area contributed by atoms with Gasteiger partial charge >= 0.3 is 18.0 Å². The number of carbonyl (C=O) groups excluding carboxylic acids is 4. The number of nitriles is 1. The van der Waals surface area contributed by atoms with Crippen molar-refractivity contribution in [2.75, 3.05) is 17.2 Å². The molecule has 0 unspecified atom stereocenters. The first-order valence-corrected chi connectivity index (χ1v) is 13.0. The molecule has 2 heterocycles. The smallest absolute Gasteiger partial charge is 0.336 e. The van der Waals surface area contributed by atoms with Crippen LogP contribution in [-0.2, 0) is 30.8 Å². The summed E-state index contributed by atoms with van der Waals surface area (Å²) in [5, 5.41) is 17.1. The minimum absolute atomic E-state index is 0.0439. The Morgan fingerprint density at radius 3 is 2.44 bits per heavy atom. The van der Waals surface area contributed by atoms with Gasteiger partial charge in [-0.2, -0.15) is 18.4 Å². The molecule has 0 bridgehead atoms. The Morgan fingerprint density at radius 1 is 1.12 bits per heavy atom. The summed E-state index contributed by atoms with van der Waals surface area (Å²) in [6.45, 7) is 6.65. The average Bonchev–Trinajstić information content (AvgIpc) is 3.40. The third-order valence-electron chi connectivity index (χ3n) is 7.36. The van der Waals surface area contributed by atoms with Gasteiger partial charge in [-0.25, -0.2) is 0 Å². The van der Waals surface area contributed by atoms with Gasteiger partial charge in [-0.1, -0.05) is 51.1 Å². The van der Waals surface area contributed by atoms with Gasteiger partial charge in [-0.3, -0.25) is 19.2 Å². The van der Waals surface area contributed by atoms with Gasteiger partial charge in [0.15, 0.2) is 0 Å². The van der Waals surface area contributed by atoms with Crippen LogP contribution in [0.25, 0.3) is 0 Å². The predicted octanol–water partition coefficient (Wildman–Crippen LogP) is 3.89. The number of likely N-dealkylation sites (tertiary alicyclic amines) is 1. The van der Waals surface area contributed by atoms with Gasteiger partial charge in [0, 0.05) is 18.7 Å². The van der Waals surface area contributed by atoms with Crippen molar-refractivity contribution in [3.05, 3.63) is 59.2 Å². The molecule has 2 aliphatic heterocycles. The minimum atomic E-state index is -4.78. The maximum absolute atomic E-state index is 13.9. The third-order valence-corrected chi connectivity index (χ3v) is 7.36. The van der Waals surface area contributed by atoms with E-state index in [0.717, 1.165) is 6.07 Å². The van der Waals surface area contributed by atoms with Crippen LogP contribution in [0.3, 0.4) is 0 Å². The fourth-order valence-electron chi connectivity index (χ4n) is 5.46. The molecule has 41 heavy (non-hydrogen) atoms. The molecule has 9 nitrogen and oxygen atoms in total. The number of alkyl halides is 3. The van der Waals surface area contributed by atoms with E-state index >= 15 is 0 Å². The zero-order valence-corrected chi connectivity index (χ0v) is 23.0. The van der Waals surface area contributed by atoms with Crippen molar-refractivity contribution in [1.29, 1.82) is 5.26 Å². The fourth-order valence-corrected chi connectivity index (χ4v) is 5.46. The van der Waals surface area contributed by atoms with Crippen molar-refractivity contribution in [1.82, 2.24) is 10.2 Å². The van der Waals surface area contributed by atoms with Gasteiger partial charge in [-0.15, -0.1) is 0 Å². The molecule has 2 aromatic carbocycles. The molecular formula is C29H30F3N5O4. The highest BCUT2D eigenvalue weighted by molar-refractivity contribution is 6.40. The second-order valence-corrected chi connectivity index (χ2v) is 11.6. The van der Waals surface area contributed by atoms with E-state index < -0.39 is 58.1 Å². The lowest BCUT2D eigenvalue weighted by molar-refractivity contribution is -0.141. The summed E-state index contributed by atoms with van der Waals surface area (Å²) in [4.78, 5) is 53.9. The van der Waals surface area contributed by atoms with E-state index in [9.17, 15) is 37.6 Å². The standard InChI is InChI=1S/C29H30F3N5O4/c1-16-8-7-10-19(29(30,31)32)22(16)36-24(39)23(38)34-21(13-27(2,3)4)25(40)37-15-28(12-17(37)14-33)18-9-5-6-11-20(18)35-26(28)41/h5-11,17,21H,12-13,15H2,1-4H3,(H,34,38)(H,35,41)(H,36,39)/t17-,21-,28-/m0/s1. The van der Waals surface area contributed by atoms with Gasteiger partial charge in [0.1, 0.15) is 12.1 Å². The average molecular weight is 570 g/mol. The number of amides is 4. The highest BCUT2D eigenvalue weighted by atomic mass is 19.4. The molecule has 2 aromatic rings. The Bertz CT molecular complexity index is 1460. The number of rotatable bonds is 4. The number of carbonyl (C=O) groups is 4. The van der Waals surface area contributed by atoms with Crippen LogP contribution in [0.5, 0.6) is 0 Å². The monoisotopic (exact) mass is 569 g/mol. The maximum atomic E-state index is 13.9. The normalized spacial score (nSPS) is 20.7. The van der Waals surface area contributed by atoms with Crippen LogP contribution in [0.4, 0.5) is 24.5 Å². The molecule has 3 atom stereocenters. The summed E-state index contributed by atoms with van der Waals surface area (Å²) in [6.07, 6.45) is -4.69. The van der Waals surface area contributed by atoms with E-state index in [-0.39, 0.29) is 30.9 Å². The molecule has 0 aliphatic carbocycles. The zero-order chi connectivity index (χ0) is 30.3. The highest BCUT2D eigenvalue weighted by Crippen LogP contribution is 2.46. The van der Waals surface area contributed by atoms with E-state index in [4.69, 9.17) is 0 Å². The summed E-state index contributed by atoms with van der Waals surface area (Å²) in [5.74, 6) is -3.71. The molecular weight excluding hydrogens is 539 g/mol. The number of hydrogen-bond acceptors (Lipinski definition) is 5. The fraction of sp³-hybridized carbons (Fsp3) is 0.414. The Labute approximate surface area is 235 Å². The molecule has 0 aromatic heterocycles. The lowest BCUT2D eigenvalue weighted by Gasteiger charge is -2.31. The zero-order valence-electron chi connectivity index (χ0n) is 23.0. The van der Waals surface area contributed by atoms with Crippen molar-refractivity contribution in [3.63, 3.8) is 0 Å². The molecule has 1 fully saturated rings. The van der Waals surface area contributed by atoms with Crippen LogP contribution in [0.15, 0.2) is 42.5 Å². The number of para-hydroxylation sites is 2. The van der Waals surface area contributed by atoms with E-state index in [1.807, 2.05) is 5.32 Å². The number of nitrogens with zero attached hydrogens (tertiary/aromatic N) is 2. The third kappa shape index (κ3) is 5.75. The first-order valence-electron chi connectivity index (χ1n) is 13.0. The Hall–Kier alpha value is -4.40. The van der Waals surface area contributed by atoms with Crippen LogP contribution in [0.2, 0.25) is 0 Å². The molecule has 0 saturated carbocycles. The number of nitrogens with one attached hydrogen (secondary N) is 3. The Kier molecular flexibility index (Phi) is 7.60. The van der Waals surface area contributed by atoms with Crippen LogP contribution < -0.4 is 16.0 Å². The van der Waals surface area contributed by atoms with E-state index in [0.29, 0.717) is 11.3 Å². The number of hydrogen-bond donors (Lipinski definition) is 3. The van der Waals surface area contributed by atoms with Gasteiger partial charge < -0.3 is 20.9 Å². The second kappa shape index (κ2) is 10.5. The molecule has 3 N–H and O–H groups in total. The molecule has 12 heteroatoms. The largest absolute Gasteiger partial charge is 0.418 e. The van der Waals surface area contributed by atoms with Crippen LogP contribution >= 0.6 is 0 Å². The summed E-state index contributed by atoms with van der Waals surface area (Å²) in [7, 11) is 0.